The molecule has 1 saturated carbocycles. The maximum absolute atomic E-state index is 10.2. The maximum atomic E-state index is 10.2. The van der Waals surface area contributed by atoms with E-state index in [1.807, 2.05) is 6.92 Å². The van der Waals surface area contributed by atoms with Crippen molar-refractivity contribution in [2.24, 2.45) is 5.92 Å². The van der Waals surface area contributed by atoms with Crippen molar-refractivity contribution in [2.45, 2.75) is 51.2 Å². The van der Waals surface area contributed by atoms with E-state index >= 15 is 0 Å². The molecule has 2 heteroatoms. The smallest absolute Gasteiger partial charge is 0.0772 e. The molecule has 0 bridgehead atoms. The predicted octanol–water partition coefficient (Wildman–Crippen LogP) is 1.54. The Morgan fingerprint density at radius 2 is 2.14 bits per heavy atom. The molecule has 1 aliphatic carbocycles. The van der Waals surface area contributed by atoms with Crippen LogP contribution in [-0.4, -0.2) is 23.3 Å². The molecule has 0 aromatic rings. The van der Waals surface area contributed by atoms with Gasteiger partial charge in [-0.25, -0.2) is 0 Å². The van der Waals surface area contributed by atoms with Crippen LogP contribution in [0, 0.1) is 18.3 Å². The third kappa shape index (κ3) is 3.32. The van der Waals surface area contributed by atoms with E-state index in [4.69, 9.17) is 6.42 Å². The molecule has 14 heavy (non-hydrogen) atoms. The van der Waals surface area contributed by atoms with Crippen molar-refractivity contribution < 1.29 is 5.11 Å². The molecule has 1 unspecified atom stereocenters. The average molecular weight is 195 g/mol. The Hall–Kier alpha value is -0.520. The summed E-state index contributed by atoms with van der Waals surface area (Å²) in [5.74, 6) is 3.37. The van der Waals surface area contributed by atoms with E-state index in [-0.39, 0.29) is 6.04 Å². The summed E-state index contributed by atoms with van der Waals surface area (Å²) in [6.45, 7) is 4.82. The first-order valence-electron chi connectivity index (χ1n) is 5.48. The Bertz CT molecular complexity index is 211. The maximum Gasteiger partial charge on any atom is 0.0772 e. The van der Waals surface area contributed by atoms with E-state index in [0.717, 1.165) is 31.6 Å². The Labute approximate surface area is 87.1 Å². The largest absolute Gasteiger partial charge is 0.389 e. The zero-order chi connectivity index (χ0) is 10.6. The molecule has 0 aromatic heterocycles. The molecule has 1 aliphatic rings. The molecule has 0 amide bonds. The van der Waals surface area contributed by atoms with Gasteiger partial charge >= 0.3 is 0 Å². The highest BCUT2D eigenvalue weighted by molar-refractivity contribution is 4.97. The summed E-state index contributed by atoms with van der Waals surface area (Å²) in [5, 5.41) is 13.4. The predicted molar refractivity (Wildman–Crippen MR) is 58.9 cm³/mol. The lowest BCUT2D eigenvalue weighted by molar-refractivity contribution is -0.00673. The minimum absolute atomic E-state index is 0.0541. The summed E-state index contributed by atoms with van der Waals surface area (Å²) in [4.78, 5) is 0. The van der Waals surface area contributed by atoms with Crippen LogP contribution in [0.3, 0.4) is 0 Å². The number of terminal acetylenes is 1. The lowest BCUT2D eigenvalue weighted by Crippen LogP contribution is -2.45. The van der Waals surface area contributed by atoms with Crippen LogP contribution in [0.1, 0.15) is 39.5 Å². The van der Waals surface area contributed by atoms with Gasteiger partial charge in [0.1, 0.15) is 0 Å². The van der Waals surface area contributed by atoms with E-state index in [2.05, 4.69) is 18.2 Å². The second-order valence-corrected chi connectivity index (χ2v) is 4.68. The van der Waals surface area contributed by atoms with E-state index in [0.29, 0.717) is 6.54 Å². The Morgan fingerprint density at radius 3 is 2.64 bits per heavy atom. The van der Waals surface area contributed by atoms with Crippen molar-refractivity contribution in [1.82, 2.24) is 5.32 Å². The first-order valence-corrected chi connectivity index (χ1v) is 5.48. The van der Waals surface area contributed by atoms with Gasteiger partial charge in [-0.15, -0.1) is 6.42 Å². The highest BCUT2D eigenvalue weighted by Crippen LogP contribution is 2.31. The van der Waals surface area contributed by atoms with Crippen LogP contribution < -0.4 is 5.32 Å². The average Bonchev–Trinajstić information content (AvgIpc) is 2.20. The second kappa shape index (κ2) is 4.82. The van der Waals surface area contributed by atoms with Crippen molar-refractivity contribution in [3.63, 3.8) is 0 Å². The standard InChI is InChI=1S/C12H21NO/c1-4-11(3)13-9-12(14)7-5-10(2)6-8-12/h1,10-11,13-14H,5-9H2,2-3H3. The van der Waals surface area contributed by atoms with E-state index in [1.165, 1.54) is 0 Å². The Balaban J connectivity index is 2.32. The molecule has 80 valence electrons. The van der Waals surface area contributed by atoms with Crippen molar-refractivity contribution in [3.8, 4) is 12.3 Å². The highest BCUT2D eigenvalue weighted by Gasteiger charge is 2.31. The first kappa shape index (κ1) is 11.6. The monoisotopic (exact) mass is 195 g/mol. The molecule has 2 N–H and O–H groups in total. The summed E-state index contributed by atoms with van der Waals surface area (Å²) < 4.78 is 0. The molecule has 1 atom stereocenters. The number of aliphatic hydroxyl groups is 1. The van der Waals surface area contributed by atoms with Crippen LogP contribution in [-0.2, 0) is 0 Å². The molecule has 0 spiro atoms. The van der Waals surface area contributed by atoms with E-state index in [9.17, 15) is 5.11 Å². The SMILES string of the molecule is C#CC(C)NCC1(O)CCC(C)CC1. The fourth-order valence-corrected chi connectivity index (χ4v) is 1.88. The molecule has 0 radical (unpaired) electrons. The van der Waals surface area contributed by atoms with Gasteiger partial charge in [-0.1, -0.05) is 12.8 Å². The lowest BCUT2D eigenvalue weighted by atomic mass is 9.79. The molecular formula is C12H21NO. The second-order valence-electron chi connectivity index (χ2n) is 4.68. The zero-order valence-electron chi connectivity index (χ0n) is 9.21. The fourth-order valence-electron chi connectivity index (χ4n) is 1.88. The topological polar surface area (TPSA) is 32.3 Å². The van der Waals surface area contributed by atoms with Crippen molar-refractivity contribution in [1.29, 1.82) is 0 Å². The Kier molecular flexibility index (Phi) is 3.97. The number of rotatable bonds is 3. The Morgan fingerprint density at radius 1 is 1.57 bits per heavy atom. The van der Waals surface area contributed by atoms with Gasteiger partial charge in [0.05, 0.1) is 11.6 Å². The van der Waals surface area contributed by atoms with Crippen LogP contribution in [0.15, 0.2) is 0 Å². The molecule has 2 nitrogen and oxygen atoms in total. The van der Waals surface area contributed by atoms with Crippen molar-refractivity contribution in [2.75, 3.05) is 6.54 Å². The quantitative estimate of drug-likeness (QED) is 0.670. The van der Waals surface area contributed by atoms with Crippen LogP contribution >= 0.6 is 0 Å². The van der Waals surface area contributed by atoms with Crippen molar-refractivity contribution in [3.05, 3.63) is 0 Å². The summed E-state index contributed by atoms with van der Waals surface area (Å²) in [7, 11) is 0. The van der Waals surface area contributed by atoms with Crippen LogP contribution in [0.4, 0.5) is 0 Å². The van der Waals surface area contributed by atoms with Gasteiger partial charge in [0.15, 0.2) is 0 Å². The van der Waals surface area contributed by atoms with Gasteiger partial charge in [0, 0.05) is 6.54 Å². The summed E-state index contributed by atoms with van der Waals surface area (Å²) in [6, 6.07) is 0.0541. The molecule has 1 rings (SSSR count). The van der Waals surface area contributed by atoms with Crippen LogP contribution in [0.25, 0.3) is 0 Å². The van der Waals surface area contributed by atoms with Crippen LogP contribution in [0.5, 0.6) is 0 Å². The fraction of sp³-hybridized carbons (Fsp3) is 0.833. The van der Waals surface area contributed by atoms with Gasteiger partial charge < -0.3 is 10.4 Å². The van der Waals surface area contributed by atoms with E-state index in [1.54, 1.807) is 0 Å². The summed E-state index contributed by atoms with van der Waals surface area (Å²) >= 11 is 0. The lowest BCUT2D eigenvalue weighted by Gasteiger charge is -2.35. The minimum atomic E-state index is -0.516. The highest BCUT2D eigenvalue weighted by atomic mass is 16.3. The molecular weight excluding hydrogens is 174 g/mol. The molecule has 0 heterocycles. The summed E-state index contributed by atoms with van der Waals surface area (Å²) in [6.07, 6.45) is 9.32. The number of nitrogens with one attached hydrogen (secondary N) is 1. The molecule has 0 saturated heterocycles. The van der Waals surface area contributed by atoms with Gasteiger partial charge in [-0.05, 0) is 38.5 Å². The van der Waals surface area contributed by atoms with Crippen LogP contribution in [0.2, 0.25) is 0 Å². The normalized spacial score (nSPS) is 34.9. The molecule has 0 aliphatic heterocycles. The molecule has 0 aromatic carbocycles. The minimum Gasteiger partial charge on any atom is -0.389 e. The molecule has 1 fully saturated rings. The third-order valence-electron chi connectivity index (χ3n) is 3.19. The van der Waals surface area contributed by atoms with E-state index < -0.39 is 5.60 Å². The van der Waals surface area contributed by atoms with Gasteiger partial charge in [-0.3, -0.25) is 0 Å². The van der Waals surface area contributed by atoms with Gasteiger partial charge in [0.2, 0.25) is 0 Å². The van der Waals surface area contributed by atoms with Gasteiger partial charge in [-0.2, -0.15) is 0 Å². The zero-order valence-corrected chi connectivity index (χ0v) is 9.21. The third-order valence-corrected chi connectivity index (χ3v) is 3.19. The van der Waals surface area contributed by atoms with Gasteiger partial charge in [0.25, 0.3) is 0 Å². The van der Waals surface area contributed by atoms with Crippen molar-refractivity contribution >= 4 is 0 Å². The first-order chi connectivity index (χ1) is 6.56. The summed E-state index contributed by atoms with van der Waals surface area (Å²) in [5.41, 5.74) is -0.516. The number of hydrogen-bond acceptors (Lipinski definition) is 2. The number of hydrogen-bond donors (Lipinski definition) is 2.